The van der Waals surface area contributed by atoms with Crippen molar-refractivity contribution in [2.45, 2.75) is 12.8 Å². The highest BCUT2D eigenvalue weighted by molar-refractivity contribution is 14.1. The summed E-state index contributed by atoms with van der Waals surface area (Å²) >= 11 is 2.00. The molecule has 0 atom stereocenters. The predicted octanol–water partition coefficient (Wildman–Crippen LogP) is 1.50. The number of hydrogen-bond donors (Lipinski definition) is 3. The highest BCUT2D eigenvalue weighted by Crippen LogP contribution is 2.44. The number of aromatic hydroxyl groups is 1. The zero-order valence-corrected chi connectivity index (χ0v) is 11.4. The lowest BCUT2D eigenvalue weighted by molar-refractivity contribution is 0.0935. The number of nitrogens with one attached hydrogen (secondary N) is 1. The van der Waals surface area contributed by atoms with Crippen molar-refractivity contribution in [1.82, 2.24) is 5.32 Å². The Hall–Kier alpha value is -0.820. The van der Waals surface area contributed by atoms with Crippen molar-refractivity contribution in [2.24, 2.45) is 5.41 Å². The Morgan fingerprint density at radius 2 is 2.18 bits per heavy atom. The molecule has 3 N–H and O–H groups in total. The molecule has 92 valence electrons. The molecule has 1 fully saturated rings. The Labute approximate surface area is 113 Å². The number of phenols is 1. The van der Waals surface area contributed by atoms with Gasteiger partial charge < -0.3 is 15.5 Å². The van der Waals surface area contributed by atoms with Crippen LogP contribution < -0.4 is 5.32 Å². The maximum atomic E-state index is 11.8. The van der Waals surface area contributed by atoms with Crippen molar-refractivity contribution in [1.29, 1.82) is 0 Å². The molecule has 0 spiro atoms. The van der Waals surface area contributed by atoms with Gasteiger partial charge in [-0.25, -0.2) is 0 Å². The highest BCUT2D eigenvalue weighted by atomic mass is 127. The molecule has 0 heterocycles. The Kier molecular flexibility index (Phi) is 3.58. The van der Waals surface area contributed by atoms with E-state index in [2.05, 4.69) is 5.32 Å². The fourth-order valence-electron chi connectivity index (χ4n) is 1.59. The van der Waals surface area contributed by atoms with E-state index in [9.17, 15) is 9.90 Å². The number of carbonyl (C=O) groups excluding carboxylic acids is 1. The third-order valence-corrected chi connectivity index (χ3v) is 4.04. The first kappa shape index (κ1) is 12.6. The van der Waals surface area contributed by atoms with Gasteiger partial charge in [0.2, 0.25) is 0 Å². The second-order valence-corrected chi connectivity index (χ2v) is 5.67. The van der Waals surface area contributed by atoms with Crippen LogP contribution in [0, 0.1) is 8.99 Å². The Morgan fingerprint density at radius 3 is 2.71 bits per heavy atom. The molecule has 0 unspecified atom stereocenters. The third kappa shape index (κ3) is 2.90. The number of phenolic OH excluding ortho intramolecular Hbond substituents is 1. The smallest absolute Gasteiger partial charge is 0.251 e. The molecule has 1 aromatic carbocycles. The van der Waals surface area contributed by atoms with E-state index >= 15 is 0 Å². The van der Waals surface area contributed by atoms with Crippen LogP contribution in [0.5, 0.6) is 5.75 Å². The normalized spacial score (nSPS) is 16.6. The number of amides is 1. The van der Waals surface area contributed by atoms with Gasteiger partial charge in [-0.1, -0.05) is 0 Å². The van der Waals surface area contributed by atoms with E-state index < -0.39 is 0 Å². The van der Waals surface area contributed by atoms with Gasteiger partial charge in [0.15, 0.2) is 0 Å². The summed E-state index contributed by atoms with van der Waals surface area (Å²) in [5.41, 5.74) is 0.345. The SMILES string of the molecule is O=C(NCC1(CO)CC1)c1ccc(I)c(O)c1. The van der Waals surface area contributed by atoms with Crippen LogP contribution in [0.4, 0.5) is 0 Å². The minimum atomic E-state index is -0.212. The van der Waals surface area contributed by atoms with Crippen LogP contribution in [0.25, 0.3) is 0 Å². The molecule has 0 aromatic heterocycles. The Balaban J connectivity index is 1.97. The van der Waals surface area contributed by atoms with Crippen molar-refractivity contribution in [3.05, 3.63) is 27.3 Å². The lowest BCUT2D eigenvalue weighted by atomic mass is 10.1. The molecular weight excluding hydrogens is 333 g/mol. The van der Waals surface area contributed by atoms with E-state index in [0.29, 0.717) is 15.7 Å². The molecular formula is C12H14INO3. The van der Waals surface area contributed by atoms with Crippen LogP contribution in [0.1, 0.15) is 23.2 Å². The lowest BCUT2D eigenvalue weighted by Crippen LogP contribution is -2.31. The molecule has 1 saturated carbocycles. The predicted molar refractivity (Wildman–Crippen MR) is 71.9 cm³/mol. The van der Waals surface area contributed by atoms with Gasteiger partial charge in [0, 0.05) is 17.5 Å². The molecule has 0 bridgehead atoms. The molecule has 0 saturated heterocycles. The largest absolute Gasteiger partial charge is 0.507 e. The van der Waals surface area contributed by atoms with E-state index in [0.717, 1.165) is 12.8 Å². The van der Waals surface area contributed by atoms with Gasteiger partial charge in [0.1, 0.15) is 5.75 Å². The topological polar surface area (TPSA) is 69.6 Å². The van der Waals surface area contributed by atoms with Crippen LogP contribution in [0.3, 0.4) is 0 Å². The quantitative estimate of drug-likeness (QED) is 0.723. The summed E-state index contributed by atoms with van der Waals surface area (Å²) in [5.74, 6) is -0.0991. The number of aliphatic hydroxyl groups is 1. The number of carbonyl (C=O) groups is 1. The maximum Gasteiger partial charge on any atom is 0.251 e. The average Bonchev–Trinajstić information content (AvgIpc) is 3.10. The highest BCUT2D eigenvalue weighted by Gasteiger charge is 2.42. The summed E-state index contributed by atoms with van der Waals surface area (Å²) in [6.45, 7) is 0.611. The van der Waals surface area contributed by atoms with Crippen LogP contribution in [0.2, 0.25) is 0 Å². The first-order valence-electron chi connectivity index (χ1n) is 5.44. The zero-order valence-electron chi connectivity index (χ0n) is 9.24. The van der Waals surface area contributed by atoms with Crippen molar-refractivity contribution < 1.29 is 15.0 Å². The number of rotatable bonds is 4. The standard InChI is InChI=1S/C12H14INO3/c13-9-2-1-8(5-10(9)16)11(17)14-6-12(7-15)3-4-12/h1-2,5,15-16H,3-4,6-7H2,(H,14,17). The second-order valence-electron chi connectivity index (χ2n) is 4.51. The van der Waals surface area contributed by atoms with Gasteiger partial charge in [-0.05, 0) is 53.6 Å². The first-order valence-corrected chi connectivity index (χ1v) is 6.52. The molecule has 1 aromatic rings. The van der Waals surface area contributed by atoms with E-state index in [-0.39, 0.29) is 23.7 Å². The van der Waals surface area contributed by atoms with Gasteiger partial charge in [-0.15, -0.1) is 0 Å². The molecule has 1 aliphatic rings. The van der Waals surface area contributed by atoms with Crippen LogP contribution in [0.15, 0.2) is 18.2 Å². The molecule has 5 heteroatoms. The van der Waals surface area contributed by atoms with E-state index in [4.69, 9.17) is 5.11 Å². The molecule has 1 aliphatic carbocycles. The molecule has 0 radical (unpaired) electrons. The first-order chi connectivity index (χ1) is 8.06. The van der Waals surface area contributed by atoms with Crippen molar-refractivity contribution in [3.63, 3.8) is 0 Å². The summed E-state index contributed by atoms with van der Waals surface area (Å²) in [6, 6.07) is 4.83. The van der Waals surface area contributed by atoms with Gasteiger partial charge in [0.05, 0.1) is 10.2 Å². The van der Waals surface area contributed by atoms with Gasteiger partial charge in [-0.3, -0.25) is 4.79 Å². The van der Waals surface area contributed by atoms with Crippen LogP contribution in [-0.2, 0) is 0 Å². The van der Waals surface area contributed by atoms with Gasteiger partial charge in [0.25, 0.3) is 5.91 Å². The summed E-state index contributed by atoms with van der Waals surface area (Å²) in [5, 5.41) is 21.4. The second kappa shape index (κ2) is 4.81. The Morgan fingerprint density at radius 1 is 1.47 bits per heavy atom. The minimum absolute atomic E-state index is 0.0963. The molecule has 2 rings (SSSR count). The zero-order chi connectivity index (χ0) is 12.5. The molecule has 17 heavy (non-hydrogen) atoms. The fraction of sp³-hybridized carbons (Fsp3) is 0.417. The maximum absolute atomic E-state index is 11.8. The third-order valence-electron chi connectivity index (χ3n) is 3.12. The summed E-state index contributed by atoms with van der Waals surface area (Å²) < 4.78 is 0.716. The molecule has 0 aliphatic heterocycles. The number of aliphatic hydroxyl groups excluding tert-OH is 1. The molecule has 1 amide bonds. The van der Waals surface area contributed by atoms with Crippen LogP contribution >= 0.6 is 22.6 Å². The van der Waals surface area contributed by atoms with Crippen molar-refractivity contribution in [3.8, 4) is 5.75 Å². The average molecular weight is 347 g/mol. The Bertz CT molecular complexity index is 443. The monoisotopic (exact) mass is 347 g/mol. The summed E-state index contributed by atoms with van der Waals surface area (Å²) in [4.78, 5) is 11.8. The number of hydrogen-bond acceptors (Lipinski definition) is 3. The van der Waals surface area contributed by atoms with Gasteiger partial charge >= 0.3 is 0 Å². The number of benzene rings is 1. The van der Waals surface area contributed by atoms with E-state index in [1.165, 1.54) is 6.07 Å². The minimum Gasteiger partial charge on any atom is -0.507 e. The fourth-order valence-corrected chi connectivity index (χ4v) is 1.93. The lowest BCUT2D eigenvalue weighted by Gasteiger charge is -2.12. The van der Waals surface area contributed by atoms with Gasteiger partial charge in [-0.2, -0.15) is 0 Å². The summed E-state index contributed by atoms with van der Waals surface area (Å²) in [6.07, 6.45) is 1.92. The summed E-state index contributed by atoms with van der Waals surface area (Å²) in [7, 11) is 0. The van der Waals surface area contributed by atoms with Crippen molar-refractivity contribution in [2.75, 3.05) is 13.2 Å². The van der Waals surface area contributed by atoms with E-state index in [1.54, 1.807) is 12.1 Å². The number of halogens is 1. The molecule has 4 nitrogen and oxygen atoms in total. The van der Waals surface area contributed by atoms with Crippen LogP contribution in [-0.4, -0.2) is 29.3 Å². The van der Waals surface area contributed by atoms with Crippen molar-refractivity contribution >= 4 is 28.5 Å². The van der Waals surface area contributed by atoms with E-state index in [1.807, 2.05) is 22.6 Å².